The Morgan fingerprint density at radius 3 is 2.90 bits per heavy atom. The summed E-state index contributed by atoms with van der Waals surface area (Å²) < 4.78 is 18.5. The number of nitrogen functional groups attached to an aromatic ring is 1. The number of carbonyl (C=O) groups is 1. The van der Waals surface area contributed by atoms with Crippen LogP contribution in [0, 0.1) is 5.82 Å². The Labute approximate surface area is 120 Å². The number of rotatable bonds is 2. The third-order valence-corrected chi connectivity index (χ3v) is 4.26. The predicted octanol–water partition coefficient (Wildman–Crippen LogP) is 3.61. The van der Waals surface area contributed by atoms with Crippen LogP contribution in [-0.4, -0.2) is 12.1 Å². The van der Waals surface area contributed by atoms with Gasteiger partial charge in [0.05, 0.1) is 6.10 Å². The van der Waals surface area contributed by atoms with Gasteiger partial charge in [0.15, 0.2) is 0 Å². The van der Waals surface area contributed by atoms with Crippen LogP contribution in [0.1, 0.15) is 34.6 Å². The van der Waals surface area contributed by atoms with Gasteiger partial charge < -0.3 is 10.5 Å². The van der Waals surface area contributed by atoms with Crippen LogP contribution in [-0.2, 0) is 11.2 Å². The lowest BCUT2D eigenvalue weighted by atomic mass is 10.0. The van der Waals surface area contributed by atoms with E-state index in [9.17, 15) is 9.18 Å². The SMILES string of the molecule is CC(C)OC(=O)c1c(N)sc2c1-c1ccc(F)cc1C2. The Morgan fingerprint density at radius 1 is 1.45 bits per heavy atom. The number of benzene rings is 1. The number of hydrogen-bond acceptors (Lipinski definition) is 4. The molecule has 0 spiro atoms. The Balaban J connectivity index is 2.12. The molecule has 0 aliphatic heterocycles. The van der Waals surface area contributed by atoms with E-state index in [1.807, 2.05) is 0 Å². The van der Waals surface area contributed by atoms with Gasteiger partial charge in [-0.05, 0) is 37.1 Å². The molecule has 3 nitrogen and oxygen atoms in total. The fraction of sp³-hybridized carbons (Fsp3) is 0.267. The van der Waals surface area contributed by atoms with E-state index in [0.29, 0.717) is 17.0 Å². The van der Waals surface area contributed by atoms with Crippen LogP contribution in [0.25, 0.3) is 11.1 Å². The molecule has 1 aliphatic carbocycles. The second-order valence-electron chi connectivity index (χ2n) is 5.07. The van der Waals surface area contributed by atoms with Crippen molar-refractivity contribution in [3.05, 3.63) is 40.0 Å². The zero-order valence-corrected chi connectivity index (χ0v) is 12.0. The molecule has 0 radical (unpaired) electrons. The maximum Gasteiger partial charge on any atom is 0.342 e. The van der Waals surface area contributed by atoms with Gasteiger partial charge in [0.1, 0.15) is 16.4 Å². The van der Waals surface area contributed by atoms with E-state index in [1.54, 1.807) is 19.9 Å². The van der Waals surface area contributed by atoms with Gasteiger partial charge in [0.25, 0.3) is 0 Å². The van der Waals surface area contributed by atoms with Gasteiger partial charge in [-0.3, -0.25) is 0 Å². The van der Waals surface area contributed by atoms with Crippen molar-refractivity contribution >= 4 is 22.3 Å². The number of halogens is 1. The van der Waals surface area contributed by atoms with Gasteiger partial charge in [-0.2, -0.15) is 0 Å². The predicted molar refractivity (Wildman–Crippen MR) is 77.5 cm³/mol. The maximum atomic E-state index is 13.3. The number of ether oxygens (including phenoxy) is 1. The molecule has 1 aliphatic rings. The number of hydrogen-bond donors (Lipinski definition) is 1. The summed E-state index contributed by atoms with van der Waals surface area (Å²) in [5, 5.41) is 0.468. The second-order valence-corrected chi connectivity index (χ2v) is 6.21. The summed E-state index contributed by atoms with van der Waals surface area (Å²) in [5.41, 5.74) is 8.97. The molecule has 0 unspecified atom stereocenters. The topological polar surface area (TPSA) is 52.3 Å². The first-order chi connectivity index (χ1) is 9.47. The molecule has 0 saturated carbocycles. The van der Waals surface area contributed by atoms with Gasteiger partial charge >= 0.3 is 5.97 Å². The molecule has 0 amide bonds. The molecule has 2 aromatic rings. The lowest BCUT2D eigenvalue weighted by Crippen LogP contribution is -2.13. The molecule has 0 saturated heterocycles. The maximum absolute atomic E-state index is 13.3. The van der Waals surface area contributed by atoms with E-state index >= 15 is 0 Å². The quantitative estimate of drug-likeness (QED) is 0.734. The minimum absolute atomic E-state index is 0.202. The van der Waals surface area contributed by atoms with E-state index in [2.05, 4.69) is 0 Å². The number of anilines is 1. The molecule has 5 heteroatoms. The summed E-state index contributed by atoms with van der Waals surface area (Å²) in [4.78, 5) is 13.2. The zero-order valence-electron chi connectivity index (χ0n) is 11.2. The first-order valence-electron chi connectivity index (χ1n) is 6.38. The van der Waals surface area contributed by atoms with Crippen LogP contribution in [0.4, 0.5) is 9.39 Å². The highest BCUT2D eigenvalue weighted by molar-refractivity contribution is 7.17. The van der Waals surface area contributed by atoms with Gasteiger partial charge in [-0.15, -0.1) is 11.3 Å². The van der Waals surface area contributed by atoms with Crippen LogP contribution in [0.2, 0.25) is 0 Å². The standard InChI is InChI=1S/C15H14FNO2S/c1-7(2)19-15(18)13-12-10-4-3-9(16)5-8(10)6-11(12)20-14(13)17/h3-5,7H,6,17H2,1-2H3. The molecule has 104 valence electrons. The largest absolute Gasteiger partial charge is 0.459 e. The van der Waals surface area contributed by atoms with E-state index in [4.69, 9.17) is 10.5 Å². The number of fused-ring (bicyclic) bond motifs is 3. The normalized spacial score (nSPS) is 12.4. The molecule has 1 heterocycles. The van der Waals surface area contributed by atoms with E-state index in [0.717, 1.165) is 21.6 Å². The molecular formula is C15H14FNO2S. The first kappa shape index (κ1) is 13.1. The molecule has 0 fully saturated rings. The minimum atomic E-state index is -0.410. The molecule has 1 aromatic heterocycles. The summed E-state index contributed by atoms with van der Waals surface area (Å²) in [7, 11) is 0. The number of carbonyl (C=O) groups excluding carboxylic acids is 1. The third-order valence-electron chi connectivity index (χ3n) is 3.24. The first-order valence-corrected chi connectivity index (χ1v) is 7.20. The van der Waals surface area contributed by atoms with Crippen LogP contribution in [0.15, 0.2) is 18.2 Å². The minimum Gasteiger partial charge on any atom is -0.459 e. The highest BCUT2D eigenvalue weighted by atomic mass is 32.1. The van der Waals surface area contributed by atoms with Crippen molar-refractivity contribution in [1.82, 2.24) is 0 Å². The van der Waals surface area contributed by atoms with Crippen LogP contribution in [0.5, 0.6) is 0 Å². The van der Waals surface area contributed by atoms with Crippen molar-refractivity contribution in [2.75, 3.05) is 5.73 Å². The summed E-state index contributed by atoms with van der Waals surface area (Å²) in [6, 6.07) is 4.62. The van der Waals surface area contributed by atoms with Crippen molar-refractivity contribution in [2.45, 2.75) is 26.4 Å². The van der Waals surface area contributed by atoms with E-state index in [1.165, 1.54) is 23.5 Å². The fourth-order valence-corrected chi connectivity index (χ4v) is 3.60. The van der Waals surface area contributed by atoms with Crippen LogP contribution in [0.3, 0.4) is 0 Å². The lowest BCUT2D eigenvalue weighted by Gasteiger charge is -2.09. The van der Waals surface area contributed by atoms with Gasteiger partial charge in [-0.1, -0.05) is 6.07 Å². The highest BCUT2D eigenvalue weighted by Crippen LogP contribution is 2.46. The number of nitrogens with two attached hydrogens (primary N) is 1. The van der Waals surface area contributed by atoms with Crippen molar-refractivity contribution in [2.24, 2.45) is 0 Å². The lowest BCUT2D eigenvalue weighted by molar-refractivity contribution is 0.0380. The van der Waals surface area contributed by atoms with Crippen molar-refractivity contribution in [1.29, 1.82) is 0 Å². The second kappa shape index (κ2) is 4.59. The van der Waals surface area contributed by atoms with Crippen LogP contribution < -0.4 is 5.73 Å². The highest BCUT2D eigenvalue weighted by Gasteiger charge is 2.30. The smallest absolute Gasteiger partial charge is 0.342 e. The van der Waals surface area contributed by atoms with Crippen molar-refractivity contribution in [3.63, 3.8) is 0 Å². The number of thiophene rings is 1. The number of esters is 1. The Kier molecular flexibility index (Phi) is 3.01. The molecule has 0 atom stereocenters. The molecular weight excluding hydrogens is 277 g/mol. The third kappa shape index (κ3) is 1.98. The van der Waals surface area contributed by atoms with Gasteiger partial charge in [0.2, 0.25) is 0 Å². The zero-order chi connectivity index (χ0) is 14.4. The summed E-state index contributed by atoms with van der Waals surface area (Å²) in [6.07, 6.45) is 0.415. The van der Waals surface area contributed by atoms with Crippen molar-refractivity contribution < 1.29 is 13.9 Å². The van der Waals surface area contributed by atoms with E-state index < -0.39 is 5.97 Å². The summed E-state index contributed by atoms with van der Waals surface area (Å²) in [6.45, 7) is 3.59. The summed E-state index contributed by atoms with van der Waals surface area (Å²) >= 11 is 1.38. The Bertz CT molecular complexity index is 706. The monoisotopic (exact) mass is 291 g/mol. The molecule has 0 bridgehead atoms. The van der Waals surface area contributed by atoms with Crippen molar-refractivity contribution in [3.8, 4) is 11.1 Å². The molecule has 1 aromatic carbocycles. The summed E-state index contributed by atoms with van der Waals surface area (Å²) in [5.74, 6) is -0.676. The Morgan fingerprint density at radius 2 is 2.20 bits per heavy atom. The fourth-order valence-electron chi connectivity index (χ4n) is 2.51. The molecule has 2 N–H and O–H groups in total. The Hall–Kier alpha value is -1.88. The van der Waals surface area contributed by atoms with Gasteiger partial charge in [-0.25, -0.2) is 9.18 Å². The average Bonchev–Trinajstić information content (AvgIpc) is 2.81. The molecule has 20 heavy (non-hydrogen) atoms. The molecule has 3 rings (SSSR count). The van der Waals surface area contributed by atoms with Gasteiger partial charge in [0, 0.05) is 16.9 Å². The van der Waals surface area contributed by atoms with Crippen LogP contribution >= 0.6 is 11.3 Å². The average molecular weight is 291 g/mol. The van der Waals surface area contributed by atoms with E-state index in [-0.39, 0.29) is 11.9 Å².